The molecule has 0 radical (unpaired) electrons. The normalized spacial score (nSPS) is 8.31. The summed E-state index contributed by atoms with van der Waals surface area (Å²) in [4.78, 5) is 13.0. The molecule has 0 aliphatic rings. The second-order valence-corrected chi connectivity index (χ2v) is 2.05. The third kappa shape index (κ3) is 4.41. The van der Waals surface area contributed by atoms with Crippen LogP contribution < -0.4 is 5.43 Å². The number of aromatic nitrogens is 4. The molecule has 0 fully saturated rings. The number of nitrogens with zero attached hydrogens (tertiary/aromatic N) is 3. The van der Waals surface area contributed by atoms with Crippen LogP contribution in [-0.2, 0) is 0 Å². The van der Waals surface area contributed by atoms with E-state index in [0.29, 0.717) is 0 Å². The van der Waals surface area contributed by atoms with Crippen LogP contribution in [0.3, 0.4) is 0 Å². The van der Waals surface area contributed by atoms with Crippen molar-refractivity contribution in [3.05, 3.63) is 53.2 Å². The SMILES string of the molecule is O=c1cc[nH]cc1.c1cnnnc1. The van der Waals surface area contributed by atoms with E-state index in [1.807, 2.05) is 0 Å². The Morgan fingerprint density at radius 2 is 1.69 bits per heavy atom. The summed E-state index contributed by atoms with van der Waals surface area (Å²) in [5.41, 5.74) is 0.0405. The zero-order chi connectivity index (χ0) is 9.36. The van der Waals surface area contributed by atoms with Crippen LogP contribution in [0.15, 0.2) is 47.8 Å². The lowest BCUT2D eigenvalue weighted by atomic mass is 10.5. The summed E-state index contributed by atoms with van der Waals surface area (Å²) < 4.78 is 0. The van der Waals surface area contributed by atoms with Gasteiger partial charge in [-0.1, -0.05) is 0 Å². The summed E-state index contributed by atoms with van der Waals surface area (Å²) >= 11 is 0. The highest BCUT2D eigenvalue weighted by molar-refractivity contribution is 4.90. The van der Waals surface area contributed by atoms with Gasteiger partial charge < -0.3 is 4.98 Å². The van der Waals surface area contributed by atoms with Gasteiger partial charge in [-0.2, -0.15) is 0 Å². The van der Waals surface area contributed by atoms with Crippen LogP contribution in [0.4, 0.5) is 0 Å². The maximum absolute atomic E-state index is 10.2. The van der Waals surface area contributed by atoms with Gasteiger partial charge in [-0.25, -0.2) is 0 Å². The third-order valence-corrected chi connectivity index (χ3v) is 1.10. The van der Waals surface area contributed by atoms with Gasteiger partial charge in [0.1, 0.15) is 0 Å². The Balaban J connectivity index is 0.000000132. The van der Waals surface area contributed by atoms with Crippen molar-refractivity contribution in [1.29, 1.82) is 0 Å². The van der Waals surface area contributed by atoms with Gasteiger partial charge in [0.05, 0.1) is 12.4 Å². The maximum atomic E-state index is 10.2. The highest BCUT2D eigenvalue weighted by Gasteiger charge is 1.70. The molecule has 0 spiro atoms. The van der Waals surface area contributed by atoms with Gasteiger partial charge in [0.15, 0.2) is 5.43 Å². The molecule has 2 aromatic heterocycles. The van der Waals surface area contributed by atoms with Crippen molar-refractivity contribution >= 4 is 0 Å². The predicted octanol–water partition coefficient (Wildman–Crippen LogP) is 0.246. The summed E-state index contributed by atoms with van der Waals surface area (Å²) in [6, 6.07) is 4.66. The van der Waals surface area contributed by atoms with Crippen molar-refractivity contribution in [3.63, 3.8) is 0 Å². The Labute approximate surface area is 74.5 Å². The molecule has 0 aromatic carbocycles. The van der Waals surface area contributed by atoms with Gasteiger partial charge in [-0.15, -0.1) is 10.2 Å². The fourth-order valence-electron chi connectivity index (χ4n) is 0.577. The number of hydrogen-bond donors (Lipinski definition) is 1. The van der Waals surface area contributed by atoms with E-state index in [1.54, 1.807) is 30.9 Å². The van der Waals surface area contributed by atoms with Gasteiger partial charge in [0, 0.05) is 24.5 Å². The van der Waals surface area contributed by atoms with Crippen molar-refractivity contribution in [3.8, 4) is 0 Å². The molecule has 0 saturated carbocycles. The molecular formula is C8H8N4O. The standard InChI is InChI=1S/C5H5NO.C3H3N3/c7-5-1-3-6-4-2-5;1-2-4-6-5-3-1/h1-4H,(H,6,7);1-3H. The first-order valence-corrected chi connectivity index (χ1v) is 3.61. The summed E-state index contributed by atoms with van der Waals surface area (Å²) in [6.07, 6.45) is 6.35. The van der Waals surface area contributed by atoms with Gasteiger partial charge >= 0.3 is 0 Å². The summed E-state index contributed by atoms with van der Waals surface area (Å²) in [7, 11) is 0. The molecule has 0 amide bonds. The Bertz CT molecular complexity index is 329. The number of rotatable bonds is 0. The molecule has 2 rings (SSSR count). The first-order valence-electron chi connectivity index (χ1n) is 3.61. The Morgan fingerprint density at radius 1 is 1.08 bits per heavy atom. The van der Waals surface area contributed by atoms with E-state index in [9.17, 15) is 4.79 Å². The van der Waals surface area contributed by atoms with Crippen molar-refractivity contribution in [2.24, 2.45) is 0 Å². The minimum atomic E-state index is 0.0405. The Morgan fingerprint density at radius 3 is 1.92 bits per heavy atom. The monoisotopic (exact) mass is 176 g/mol. The van der Waals surface area contributed by atoms with E-state index in [0.717, 1.165) is 0 Å². The van der Waals surface area contributed by atoms with Crippen molar-refractivity contribution in [2.75, 3.05) is 0 Å². The molecule has 0 aliphatic carbocycles. The molecular weight excluding hydrogens is 168 g/mol. The zero-order valence-electron chi connectivity index (χ0n) is 6.79. The maximum Gasteiger partial charge on any atom is 0.181 e. The first-order chi connectivity index (χ1) is 6.39. The van der Waals surface area contributed by atoms with Crippen molar-refractivity contribution < 1.29 is 0 Å². The fourth-order valence-corrected chi connectivity index (χ4v) is 0.577. The van der Waals surface area contributed by atoms with Crippen LogP contribution >= 0.6 is 0 Å². The van der Waals surface area contributed by atoms with Crippen LogP contribution in [0, 0.1) is 0 Å². The molecule has 0 unspecified atom stereocenters. The van der Waals surface area contributed by atoms with Gasteiger partial charge in [-0.05, 0) is 11.3 Å². The summed E-state index contributed by atoms with van der Waals surface area (Å²) in [5.74, 6) is 0. The Kier molecular flexibility index (Phi) is 3.89. The predicted molar refractivity (Wildman–Crippen MR) is 46.9 cm³/mol. The second-order valence-electron chi connectivity index (χ2n) is 2.05. The van der Waals surface area contributed by atoms with Gasteiger partial charge in [0.25, 0.3) is 0 Å². The molecule has 5 heteroatoms. The molecule has 0 bridgehead atoms. The number of nitrogens with one attached hydrogen (secondary N) is 1. The van der Waals surface area contributed by atoms with E-state index < -0.39 is 0 Å². The fraction of sp³-hybridized carbons (Fsp3) is 0. The zero-order valence-corrected chi connectivity index (χ0v) is 6.79. The molecule has 2 heterocycles. The molecule has 0 atom stereocenters. The molecule has 66 valence electrons. The Hall–Kier alpha value is -2.04. The number of aromatic amines is 1. The van der Waals surface area contributed by atoms with Crippen LogP contribution in [0.25, 0.3) is 0 Å². The lowest BCUT2D eigenvalue weighted by Crippen LogP contribution is -1.92. The quantitative estimate of drug-likeness (QED) is 0.624. The number of hydrogen-bond acceptors (Lipinski definition) is 4. The van der Waals surface area contributed by atoms with E-state index in [2.05, 4.69) is 20.4 Å². The lowest BCUT2D eigenvalue weighted by Gasteiger charge is -1.73. The topological polar surface area (TPSA) is 71.5 Å². The van der Waals surface area contributed by atoms with Crippen LogP contribution in [0.1, 0.15) is 0 Å². The third-order valence-electron chi connectivity index (χ3n) is 1.10. The van der Waals surface area contributed by atoms with Gasteiger partial charge in [0.2, 0.25) is 0 Å². The largest absolute Gasteiger partial charge is 0.367 e. The van der Waals surface area contributed by atoms with Crippen molar-refractivity contribution in [1.82, 2.24) is 20.4 Å². The second kappa shape index (κ2) is 5.59. The smallest absolute Gasteiger partial charge is 0.181 e. The van der Waals surface area contributed by atoms with E-state index in [1.165, 1.54) is 12.1 Å². The molecule has 13 heavy (non-hydrogen) atoms. The van der Waals surface area contributed by atoms with Crippen LogP contribution in [0.5, 0.6) is 0 Å². The average molecular weight is 176 g/mol. The van der Waals surface area contributed by atoms with E-state index in [4.69, 9.17) is 0 Å². The molecule has 0 saturated heterocycles. The first kappa shape index (κ1) is 9.05. The van der Waals surface area contributed by atoms with Gasteiger partial charge in [-0.3, -0.25) is 4.79 Å². The van der Waals surface area contributed by atoms with Crippen LogP contribution in [0.2, 0.25) is 0 Å². The number of H-pyrrole nitrogens is 1. The average Bonchev–Trinajstić information content (AvgIpc) is 2.22. The van der Waals surface area contributed by atoms with Crippen molar-refractivity contribution in [2.45, 2.75) is 0 Å². The molecule has 1 N–H and O–H groups in total. The van der Waals surface area contributed by atoms with E-state index in [-0.39, 0.29) is 5.43 Å². The minimum absolute atomic E-state index is 0.0405. The van der Waals surface area contributed by atoms with E-state index >= 15 is 0 Å². The molecule has 2 aromatic rings. The highest BCUT2D eigenvalue weighted by Crippen LogP contribution is 1.64. The number of pyridine rings is 1. The summed E-state index contributed by atoms with van der Waals surface area (Å²) in [6.45, 7) is 0. The molecule has 5 nitrogen and oxygen atoms in total. The van der Waals surface area contributed by atoms with Crippen LogP contribution in [-0.4, -0.2) is 20.4 Å². The highest BCUT2D eigenvalue weighted by atomic mass is 16.1. The molecule has 0 aliphatic heterocycles. The minimum Gasteiger partial charge on any atom is -0.367 e. The lowest BCUT2D eigenvalue weighted by molar-refractivity contribution is 0.865. The summed E-state index contributed by atoms with van der Waals surface area (Å²) in [5, 5.41) is 10.1.